The first-order valence-electron chi connectivity index (χ1n) is 12.3. The normalized spacial score (nSPS) is 15.8. The monoisotopic (exact) mass is 500 g/mol. The Kier molecular flexibility index (Phi) is 6.81. The Balaban J connectivity index is 1.28. The molecule has 1 fully saturated rings. The fourth-order valence-corrected chi connectivity index (χ4v) is 5.15. The van der Waals surface area contributed by atoms with Crippen LogP contribution in [0.3, 0.4) is 0 Å². The summed E-state index contributed by atoms with van der Waals surface area (Å²) in [6.07, 6.45) is -1.61. The number of carbonyl (C=O) groups excluding carboxylic acids is 2. The van der Waals surface area contributed by atoms with Crippen LogP contribution in [0.4, 0.5) is 9.59 Å². The molecule has 2 aliphatic rings. The van der Waals surface area contributed by atoms with Gasteiger partial charge in [0, 0.05) is 19.0 Å². The van der Waals surface area contributed by atoms with Gasteiger partial charge in [0.15, 0.2) is 0 Å². The molecule has 2 amide bonds. The zero-order valence-electron chi connectivity index (χ0n) is 20.3. The van der Waals surface area contributed by atoms with Gasteiger partial charge in [-0.05, 0) is 40.7 Å². The Bertz CT molecular complexity index is 1260. The lowest BCUT2D eigenvalue weighted by molar-refractivity contribution is -0.155. The zero-order chi connectivity index (χ0) is 25.8. The molecule has 0 radical (unpaired) electrons. The molecule has 5 rings (SSSR count). The van der Waals surface area contributed by atoms with Crippen LogP contribution >= 0.6 is 0 Å². The molecule has 0 bridgehead atoms. The van der Waals surface area contributed by atoms with Crippen LogP contribution in [0.1, 0.15) is 35.4 Å². The number of carbonyl (C=O) groups is 3. The largest absolute Gasteiger partial charge is 0.465 e. The van der Waals surface area contributed by atoms with Gasteiger partial charge in [0.2, 0.25) is 0 Å². The van der Waals surface area contributed by atoms with Crippen molar-refractivity contribution in [1.82, 2.24) is 10.2 Å². The van der Waals surface area contributed by atoms with Gasteiger partial charge in [-0.2, -0.15) is 0 Å². The van der Waals surface area contributed by atoms with Crippen molar-refractivity contribution in [2.24, 2.45) is 0 Å². The second-order valence-corrected chi connectivity index (χ2v) is 9.36. The van der Waals surface area contributed by atoms with Gasteiger partial charge < -0.3 is 24.8 Å². The molecule has 0 unspecified atom stereocenters. The number of fused-ring (bicyclic) bond motifs is 3. The number of hydrogen-bond acceptors (Lipinski definition) is 5. The van der Waals surface area contributed by atoms with E-state index in [1.165, 1.54) is 4.90 Å². The number of benzene rings is 3. The second kappa shape index (κ2) is 10.3. The van der Waals surface area contributed by atoms with Crippen LogP contribution in [0.25, 0.3) is 11.1 Å². The summed E-state index contributed by atoms with van der Waals surface area (Å²) in [4.78, 5) is 38.9. The third-order valence-electron chi connectivity index (χ3n) is 7.18. The SMILES string of the molecule is O=C(NC1(C(=O)OCc2ccccc2)CCN(C(=O)O)CC1)OCC1c2ccccc2-c2ccccc21. The van der Waals surface area contributed by atoms with Crippen LogP contribution in [-0.2, 0) is 20.9 Å². The maximum atomic E-state index is 13.2. The predicted molar refractivity (Wildman–Crippen MR) is 136 cm³/mol. The van der Waals surface area contributed by atoms with E-state index in [2.05, 4.69) is 17.4 Å². The number of ether oxygens (including phenoxy) is 2. The van der Waals surface area contributed by atoms with Crippen molar-refractivity contribution in [2.75, 3.05) is 19.7 Å². The van der Waals surface area contributed by atoms with Crippen LogP contribution in [0, 0.1) is 0 Å². The number of hydrogen-bond donors (Lipinski definition) is 2. The van der Waals surface area contributed by atoms with Crippen LogP contribution in [0.5, 0.6) is 0 Å². The van der Waals surface area contributed by atoms with Crippen LogP contribution in [0.15, 0.2) is 78.9 Å². The number of amides is 2. The van der Waals surface area contributed by atoms with Crippen LogP contribution < -0.4 is 5.32 Å². The molecule has 190 valence electrons. The molecule has 8 nitrogen and oxygen atoms in total. The molecular weight excluding hydrogens is 472 g/mol. The fourth-order valence-electron chi connectivity index (χ4n) is 5.15. The molecular formula is C29H28N2O6. The molecule has 37 heavy (non-hydrogen) atoms. The molecule has 1 heterocycles. The van der Waals surface area contributed by atoms with E-state index in [4.69, 9.17) is 9.47 Å². The molecule has 1 saturated heterocycles. The minimum Gasteiger partial charge on any atom is -0.465 e. The van der Waals surface area contributed by atoms with E-state index in [0.717, 1.165) is 27.8 Å². The topological polar surface area (TPSA) is 105 Å². The second-order valence-electron chi connectivity index (χ2n) is 9.36. The number of piperidine rings is 1. The van der Waals surface area contributed by atoms with E-state index in [0.29, 0.717) is 0 Å². The number of alkyl carbamates (subject to hydrolysis) is 1. The number of carboxylic acid groups (broad SMARTS) is 1. The third kappa shape index (κ3) is 5.00. The minimum absolute atomic E-state index is 0.0520. The zero-order valence-corrected chi connectivity index (χ0v) is 20.3. The lowest BCUT2D eigenvalue weighted by Gasteiger charge is -2.39. The van der Waals surface area contributed by atoms with Gasteiger partial charge >= 0.3 is 18.2 Å². The lowest BCUT2D eigenvalue weighted by Crippen LogP contribution is -2.61. The van der Waals surface area contributed by atoms with Crippen LogP contribution in [-0.4, -0.2) is 53.4 Å². The molecule has 2 N–H and O–H groups in total. The van der Waals surface area contributed by atoms with E-state index < -0.39 is 23.7 Å². The molecule has 0 atom stereocenters. The Morgan fingerprint density at radius 1 is 0.838 bits per heavy atom. The van der Waals surface area contributed by atoms with Gasteiger partial charge in [0.05, 0.1) is 0 Å². The first-order valence-corrected chi connectivity index (χ1v) is 12.3. The summed E-state index contributed by atoms with van der Waals surface area (Å²) < 4.78 is 11.2. The highest BCUT2D eigenvalue weighted by molar-refractivity contribution is 5.86. The minimum atomic E-state index is -1.37. The Morgan fingerprint density at radius 3 is 2.00 bits per heavy atom. The smallest absolute Gasteiger partial charge is 0.408 e. The van der Waals surface area contributed by atoms with E-state index in [1.807, 2.05) is 66.7 Å². The van der Waals surface area contributed by atoms with Crippen molar-refractivity contribution >= 4 is 18.2 Å². The van der Waals surface area contributed by atoms with Crippen molar-refractivity contribution < 1.29 is 29.0 Å². The molecule has 0 spiro atoms. The molecule has 0 saturated carbocycles. The van der Waals surface area contributed by atoms with Crippen LogP contribution in [0.2, 0.25) is 0 Å². The summed E-state index contributed by atoms with van der Waals surface area (Å²) >= 11 is 0. The van der Waals surface area contributed by atoms with Crippen molar-refractivity contribution in [1.29, 1.82) is 0 Å². The van der Waals surface area contributed by atoms with Gasteiger partial charge in [-0.15, -0.1) is 0 Å². The van der Waals surface area contributed by atoms with E-state index in [1.54, 1.807) is 0 Å². The van der Waals surface area contributed by atoms with Crippen molar-refractivity contribution in [2.45, 2.75) is 30.9 Å². The predicted octanol–water partition coefficient (Wildman–Crippen LogP) is 4.78. The Morgan fingerprint density at radius 2 is 1.41 bits per heavy atom. The molecule has 0 aromatic heterocycles. The highest BCUT2D eigenvalue weighted by Gasteiger charge is 2.45. The van der Waals surface area contributed by atoms with Gasteiger partial charge in [-0.3, -0.25) is 0 Å². The van der Waals surface area contributed by atoms with Gasteiger partial charge in [0.1, 0.15) is 18.8 Å². The summed E-state index contributed by atoms with van der Waals surface area (Å²) in [6, 6.07) is 25.3. The molecule has 8 heteroatoms. The van der Waals surface area contributed by atoms with E-state index >= 15 is 0 Å². The number of rotatable bonds is 6. The number of nitrogens with zero attached hydrogens (tertiary/aromatic N) is 1. The van der Waals surface area contributed by atoms with Gasteiger partial charge in [-0.1, -0.05) is 78.9 Å². The molecule has 3 aromatic rings. The summed E-state index contributed by atoms with van der Waals surface area (Å²) in [5, 5.41) is 12.1. The average Bonchev–Trinajstić information content (AvgIpc) is 3.25. The first-order chi connectivity index (χ1) is 18.0. The summed E-state index contributed by atoms with van der Waals surface area (Å²) in [5.74, 6) is -0.720. The number of esters is 1. The quantitative estimate of drug-likeness (QED) is 0.472. The van der Waals surface area contributed by atoms with Crippen molar-refractivity contribution in [3.05, 3.63) is 95.6 Å². The standard InChI is InChI=1S/C29H28N2O6/c32-26(36-18-20-8-2-1-3-9-20)29(14-16-31(17-15-29)28(34)35)30-27(33)37-19-25-23-12-6-4-10-21(23)22-11-5-7-13-24(22)25/h1-13,25H,14-19H2,(H,30,33)(H,34,35). The lowest BCUT2D eigenvalue weighted by atomic mass is 9.87. The number of likely N-dealkylation sites (tertiary alicyclic amines) is 1. The van der Waals surface area contributed by atoms with Gasteiger partial charge in [-0.25, -0.2) is 14.4 Å². The molecule has 1 aliphatic heterocycles. The number of nitrogens with one attached hydrogen (secondary N) is 1. The maximum Gasteiger partial charge on any atom is 0.408 e. The fraction of sp³-hybridized carbons (Fsp3) is 0.276. The van der Waals surface area contributed by atoms with E-state index in [9.17, 15) is 19.5 Å². The highest BCUT2D eigenvalue weighted by atomic mass is 16.6. The summed E-state index contributed by atoms with van der Waals surface area (Å²) in [5.41, 5.74) is 3.85. The van der Waals surface area contributed by atoms with Gasteiger partial charge in [0.25, 0.3) is 0 Å². The van der Waals surface area contributed by atoms with E-state index in [-0.39, 0.29) is 45.1 Å². The summed E-state index contributed by atoms with van der Waals surface area (Å²) in [6.45, 7) is 0.353. The highest BCUT2D eigenvalue weighted by Crippen LogP contribution is 2.44. The Labute approximate surface area is 214 Å². The van der Waals surface area contributed by atoms with Crippen molar-refractivity contribution in [3.63, 3.8) is 0 Å². The molecule has 3 aromatic carbocycles. The molecule has 1 aliphatic carbocycles. The average molecular weight is 501 g/mol. The summed E-state index contributed by atoms with van der Waals surface area (Å²) in [7, 11) is 0. The third-order valence-corrected chi connectivity index (χ3v) is 7.18. The van der Waals surface area contributed by atoms with Crippen molar-refractivity contribution in [3.8, 4) is 11.1 Å². The Hall–Kier alpha value is -4.33. The maximum absolute atomic E-state index is 13.2. The first kappa shape index (κ1) is 24.4.